The zero-order valence-corrected chi connectivity index (χ0v) is 26.1. The summed E-state index contributed by atoms with van der Waals surface area (Å²) >= 11 is 0. The smallest absolute Gasteiger partial charge is 0.309 e. The van der Waals surface area contributed by atoms with E-state index in [9.17, 15) is 4.79 Å². The van der Waals surface area contributed by atoms with Gasteiger partial charge < -0.3 is 19.3 Å². The van der Waals surface area contributed by atoms with Gasteiger partial charge in [-0.05, 0) is 78.7 Å². The normalized spacial score (nSPS) is 18.1. The van der Waals surface area contributed by atoms with E-state index in [1.165, 1.54) is 18.1 Å². The van der Waals surface area contributed by atoms with Gasteiger partial charge in [-0.15, -0.1) is 0 Å². The number of anilines is 2. The molecular weight excluding hydrogens is 524 g/mol. The quantitative estimate of drug-likeness (QED) is 0.235. The number of fused-ring (bicyclic) bond motifs is 4. The Bertz CT molecular complexity index is 1590. The number of nitrogens with zero attached hydrogens (tertiary/aromatic N) is 4. The third kappa shape index (κ3) is 4.29. The molecule has 0 amide bonds. The first kappa shape index (κ1) is 28.0. The van der Waals surface area contributed by atoms with E-state index in [2.05, 4.69) is 107 Å². The van der Waals surface area contributed by atoms with Gasteiger partial charge in [-0.2, -0.15) is 0 Å². The van der Waals surface area contributed by atoms with Gasteiger partial charge in [0, 0.05) is 78.2 Å². The zero-order chi connectivity index (χ0) is 30.1. The molecule has 4 heterocycles. The highest BCUT2D eigenvalue weighted by Crippen LogP contribution is 2.54. The molecule has 7 heteroatoms. The Morgan fingerprint density at radius 2 is 1.31 bits per heavy atom. The monoisotopic (exact) mass is 564 g/mol. The molecule has 0 unspecified atom stereocenters. The van der Waals surface area contributed by atoms with Crippen molar-refractivity contribution in [3.8, 4) is 17.4 Å². The fourth-order valence-corrected chi connectivity index (χ4v) is 7.35. The summed E-state index contributed by atoms with van der Waals surface area (Å²) in [5.74, 6) is 0.994. The number of benzene rings is 2. The fraction of sp³-hybridized carbons (Fsp3) is 0.400. The summed E-state index contributed by atoms with van der Waals surface area (Å²) in [7, 11) is 0. The number of likely N-dealkylation sites (N-methyl/N-ethyl adjacent to an activating group) is 2. The van der Waals surface area contributed by atoms with E-state index >= 15 is 0 Å². The molecule has 0 saturated carbocycles. The molecular formula is C35H40N4O3. The summed E-state index contributed by atoms with van der Waals surface area (Å²) in [6.07, 6.45) is 7.88. The first-order valence-electron chi connectivity index (χ1n) is 14.8. The van der Waals surface area contributed by atoms with Gasteiger partial charge in [0.25, 0.3) is 0 Å². The van der Waals surface area contributed by atoms with Crippen LogP contribution < -0.4 is 19.3 Å². The Morgan fingerprint density at radius 1 is 0.833 bits per heavy atom. The topological polar surface area (TPSA) is 67.8 Å². The van der Waals surface area contributed by atoms with Crippen molar-refractivity contribution in [3.05, 3.63) is 76.8 Å². The molecule has 2 aromatic carbocycles. The van der Waals surface area contributed by atoms with E-state index in [1.807, 2.05) is 0 Å². The number of esters is 1. The molecule has 0 bridgehead atoms. The number of carbonyl (C=O) groups is 1. The molecule has 218 valence electrons. The zero-order valence-electron chi connectivity index (χ0n) is 26.1. The number of ether oxygens (including phenoxy) is 2. The number of carbonyl (C=O) groups excluding carboxylic acids is 1. The molecule has 0 N–H and O–H groups in total. The van der Waals surface area contributed by atoms with Crippen molar-refractivity contribution in [1.82, 2.24) is 9.97 Å². The maximum atomic E-state index is 12.1. The molecule has 0 spiro atoms. The third-order valence-electron chi connectivity index (χ3n) is 8.90. The summed E-state index contributed by atoms with van der Waals surface area (Å²) in [6, 6.07) is 8.82. The van der Waals surface area contributed by atoms with Crippen LogP contribution in [-0.4, -0.2) is 40.1 Å². The summed E-state index contributed by atoms with van der Waals surface area (Å²) in [6.45, 7) is 20.8. The van der Waals surface area contributed by atoms with Crippen LogP contribution in [0.3, 0.4) is 0 Å². The lowest BCUT2D eigenvalue weighted by Crippen LogP contribution is -2.45. The Morgan fingerprint density at radius 3 is 1.76 bits per heavy atom. The molecule has 0 aliphatic carbocycles. The van der Waals surface area contributed by atoms with Crippen molar-refractivity contribution >= 4 is 28.5 Å². The maximum absolute atomic E-state index is 12.1. The lowest BCUT2D eigenvalue weighted by Gasteiger charge is -2.44. The van der Waals surface area contributed by atoms with Crippen LogP contribution in [0.1, 0.15) is 96.2 Å². The van der Waals surface area contributed by atoms with Crippen molar-refractivity contribution in [3.63, 3.8) is 0 Å². The maximum Gasteiger partial charge on any atom is 0.309 e. The van der Waals surface area contributed by atoms with Gasteiger partial charge in [-0.3, -0.25) is 9.78 Å². The van der Waals surface area contributed by atoms with Crippen molar-refractivity contribution in [2.45, 2.75) is 79.3 Å². The number of rotatable bonds is 4. The highest BCUT2D eigenvalue weighted by Gasteiger charge is 2.39. The van der Waals surface area contributed by atoms with E-state index in [0.29, 0.717) is 5.69 Å². The van der Waals surface area contributed by atoms with Crippen molar-refractivity contribution in [2.24, 2.45) is 0 Å². The van der Waals surface area contributed by atoms with Crippen LogP contribution in [0.15, 0.2) is 48.8 Å². The van der Waals surface area contributed by atoms with Gasteiger partial charge in [0.1, 0.15) is 17.2 Å². The number of allylic oxidation sites excluding steroid dienone is 2. The van der Waals surface area contributed by atoms with Crippen LogP contribution in [0, 0.1) is 0 Å². The van der Waals surface area contributed by atoms with Gasteiger partial charge >= 0.3 is 5.97 Å². The van der Waals surface area contributed by atoms with Crippen LogP contribution in [0.25, 0.3) is 11.1 Å². The second-order valence-corrected chi connectivity index (χ2v) is 12.6. The molecule has 7 nitrogen and oxygen atoms in total. The minimum absolute atomic E-state index is 0.129. The largest absolute Gasteiger partial charge is 0.457 e. The second kappa shape index (κ2) is 9.72. The average Bonchev–Trinajstić information content (AvgIpc) is 2.90. The van der Waals surface area contributed by atoms with Crippen LogP contribution in [0.5, 0.6) is 17.4 Å². The van der Waals surface area contributed by atoms with Gasteiger partial charge in [0.05, 0.1) is 17.0 Å². The van der Waals surface area contributed by atoms with Gasteiger partial charge in [0.15, 0.2) is 0 Å². The predicted molar refractivity (Wildman–Crippen MR) is 169 cm³/mol. The fourth-order valence-electron chi connectivity index (χ4n) is 7.35. The predicted octanol–water partition coefficient (Wildman–Crippen LogP) is 7.73. The molecule has 0 saturated heterocycles. The van der Waals surface area contributed by atoms with Crippen molar-refractivity contribution in [1.29, 1.82) is 0 Å². The summed E-state index contributed by atoms with van der Waals surface area (Å²) in [5.41, 5.74) is 9.35. The Balaban J connectivity index is 1.64. The summed E-state index contributed by atoms with van der Waals surface area (Å²) in [5, 5.41) is 0. The van der Waals surface area contributed by atoms with E-state index in [-0.39, 0.29) is 22.9 Å². The second-order valence-electron chi connectivity index (χ2n) is 12.6. The lowest BCUT2D eigenvalue weighted by atomic mass is 9.79. The summed E-state index contributed by atoms with van der Waals surface area (Å²) < 4.78 is 12.5. The molecule has 3 aromatic rings. The minimum Gasteiger partial charge on any atom is -0.457 e. The average molecular weight is 565 g/mol. The molecule has 42 heavy (non-hydrogen) atoms. The Hall–Kier alpha value is -4.13. The van der Waals surface area contributed by atoms with E-state index in [0.717, 1.165) is 58.2 Å². The van der Waals surface area contributed by atoms with Gasteiger partial charge in [-0.1, -0.05) is 12.2 Å². The molecule has 0 radical (unpaired) electrons. The lowest BCUT2D eigenvalue weighted by molar-refractivity contribution is -0.132. The highest BCUT2D eigenvalue weighted by molar-refractivity contribution is 5.86. The van der Waals surface area contributed by atoms with Gasteiger partial charge in [-0.25, -0.2) is 4.98 Å². The third-order valence-corrected chi connectivity index (χ3v) is 8.90. The first-order valence-corrected chi connectivity index (χ1v) is 14.8. The molecule has 3 aliphatic rings. The SMILES string of the molecule is CCN1c2cc3c(cc2C(C)=CC1(C)C)C(c1nccnc1OC(C)=O)c1cc2c(cc1O3)N(CC)C(C)(C)C=C2C. The summed E-state index contributed by atoms with van der Waals surface area (Å²) in [4.78, 5) is 26.2. The highest BCUT2D eigenvalue weighted by atomic mass is 16.5. The van der Waals surface area contributed by atoms with Gasteiger partial charge in [0.2, 0.25) is 5.88 Å². The molecule has 1 aromatic heterocycles. The number of hydrogen-bond acceptors (Lipinski definition) is 7. The molecule has 6 rings (SSSR count). The van der Waals surface area contributed by atoms with Crippen LogP contribution >= 0.6 is 0 Å². The molecule has 0 fully saturated rings. The molecule has 0 atom stereocenters. The number of hydrogen-bond donors (Lipinski definition) is 0. The minimum atomic E-state index is -0.431. The van der Waals surface area contributed by atoms with Crippen molar-refractivity contribution < 1.29 is 14.3 Å². The van der Waals surface area contributed by atoms with E-state index < -0.39 is 5.97 Å². The van der Waals surface area contributed by atoms with E-state index in [4.69, 9.17) is 14.5 Å². The Labute approximate surface area is 248 Å². The number of aromatic nitrogens is 2. The van der Waals surface area contributed by atoms with Crippen molar-refractivity contribution in [2.75, 3.05) is 22.9 Å². The first-order chi connectivity index (χ1) is 19.9. The molecule has 3 aliphatic heterocycles. The standard InChI is InChI=1S/C35H40N4O3/c1-10-38-27-16-29-25(14-23(27)20(3)18-34(38,6)7)31(32-33(41-22(5)40)37-13-12-36-32)26-15-24-21(4)19-35(8,9)39(11-2)28(24)17-30(26)42-29/h12-19,31H,10-11H2,1-9H3. The van der Waals surface area contributed by atoms with Crippen LogP contribution in [-0.2, 0) is 4.79 Å². The Kier molecular flexibility index (Phi) is 6.48. The van der Waals surface area contributed by atoms with Crippen LogP contribution in [0.4, 0.5) is 11.4 Å². The van der Waals surface area contributed by atoms with E-state index in [1.54, 1.807) is 12.4 Å². The van der Waals surface area contributed by atoms with Crippen LogP contribution in [0.2, 0.25) is 0 Å².